The SMILES string of the molecule is [CH2]C(CC)CCC(C)(C)C. The molecule has 0 aliphatic rings. The molecule has 0 nitrogen and oxygen atoms in total. The van der Waals surface area contributed by atoms with Gasteiger partial charge in [0.1, 0.15) is 0 Å². The zero-order valence-corrected chi connectivity index (χ0v) is 7.91. The average molecular weight is 141 g/mol. The molecule has 0 bridgehead atoms. The molecular weight excluding hydrogens is 120 g/mol. The smallest absolute Gasteiger partial charge is 0.0383 e. The van der Waals surface area contributed by atoms with Gasteiger partial charge in [-0.15, -0.1) is 0 Å². The van der Waals surface area contributed by atoms with Gasteiger partial charge in [0.15, 0.2) is 0 Å². The topological polar surface area (TPSA) is 0 Å². The summed E-state index contributed by atoms with van der Waals surface area (Å²) in [6.45, 7) is 13.1. The highest BCUT2D eigenvalue weighted by Gasteiger charge is 2.11. The first-order valence-electron chi connectivity index (χ1n) is 4.29. The second kappa shape index (κ2) is 4.00. The van der Waals surface area contributed by atoms with Crippen molar-refractivity contribution in [2.75, 3.05) is 0 Å². The summed E-state index contributed by atoms with van der Waals surface area (Å²) < 4.78 is 0. The van der Waals surface area contributed by atoms with E-state index in [-0.39, 0.29) is 0 Å². The highest BCUT2D eigenvalue weighted by atomic mass is 14.2. The largest absolute Gasteiger partial charge is 0.0651 e. The van der Waals surface area contributed by atoms with E-state index in [2.05, 4.69) is 34.6 Å². The van der Waals surface area contributed by atoms with Crippen LogP contribution in [0.25, 0.3) is 0 Å². The van der Waals surface area contributed by atoms with E-state index in [9.17, 15) is 0 Å². The summed E-state index contributed by atoms with van der Waals surface area (Å²) in [4.78, 5) is 0. The molecular formula is C10H21. The molecule has 0 aliphatic carbocycles. The third-order valence-electron chi connectivity index (χ3n) is 1.88. The molecule has 0 N–H and O–H groups in total. The van der Waals surface area contributed by atoms with Crippen molar-refractivity contribution >= 4 is 0 Å². The molecule has 0 saturated heterocycles. The standard InChI is InChI=1S/C10H21/c1-6-9(2)7-8-10(3,4)5/h9H,2,6-8H2,1,3-5H3. The Bertz CT molecular complexity index is 76.5. The molecule has 0 spiro atoms. The quantitative estimate of drug-likeness (QED) is 0.562. The van der Waals surface area contributed by atoms with Gasteiger partial charge in [0.25, 0.3) is 0 Å². The lowest BCUT2D eigenvalue weighted by atomic mass is 9.86. The Kier molecular flexibility index (Phi) is 4.00. The van der Waals surface area contributed by atoms with Gasteiger partial charge in [0.05, 0.1) is 0 Å². The normalized spacial score (nSPS) is 15.3. The van der Waals surface area contributed by atoms with Gasteiger partial charge in [-0.3, -0.25) is 0 Å². The van der Waals surface area contributed by atoms with E-state index in [4.69, 9.17) is 0 Å². The van der Waals surface area contributed by atoms with Crippen LogP contribution >= 0.6 is 0 Å². The predicted molar refractivity (Wildman–Crippen MR) is 47.8 cm³/mol. The molecule has 0 aromatic rings. The molecule has 0 aliphatic heterocycles. The first-order chi connectivity index (χ1) is 4.45. The minimum absolute atomic E-state index is 0.491. The van der Waals surface area contributed by atoms with E-state index in [1.54, 1.807) is 0 Å². The minimum Gasteiger partial charge on any atom is -0.0651 e. The van der Waals surface area contributed by atoms with Crippen molar-refractivity contribution in [3.63, 3.8) is 0 Å². The van der Waals surface area contributed by atoms with Crippen molar-refractivity contribution in [3.05, 3.63) is 6.92 Å². The van der Waals surface area contributed by atoms with Crippen LogP contribution in [0.15, 0.2) is 0 Å². The van der Waals surface area contributed by atoms with Gasteiger partial charge in [-0.2, -0.15) is 0 Å². The van der Waals surface area contributed by atoms with Crippen molar-refractivity contribution in [3.8, 4) is 0 Å². The number of hydrogen-bond donors (Lipinski definition) is 0. The second-order valence-corrected chi connectivity index (χ2v) is 4.37. The van der Waals surface area contributed by atoms with Crippen molar-refractivity contribution in [1.82, 2.24) is 0 Å². The van der Waals surface area contributed by atoms with Gasteiger partial charge < -0.3 is 0 Å². The molecule has 0 saturated carbocycles. The summed E-state index contributed by atoms with van der Waals surface area (Å²) in [7, 11) is 0. The summed E-state index contributed by atoms with van der Waals surface area (Å²) in [5.41, 5.74) is 0.491. The molecule has 1 unspecified atom stereocenters. The number of hydrogen-bond acceptors (Lipinski definition) is 0. The molecule has 0 aromatic carbocycles. The van der Waals surface area contributed by atoms with Crippen LogP contribution in [0.1, 0.15) is 47.0 Å². The van der Waals surface area contributed by atoms with Gasteiger partial charge in [0.2, 0.25) is 0 Å². The van der Waals surface area contributed by atoms with Crippen LogP contribution in [0.4, 0.5) is 0 Å². The average Bonchev–Trinajstić information content (AvgIpc) is 1.81. The zero-order valence-electron chi connectivity index (χ0n) is 7.91. The highest BCUT2D eigenvalue weighted by Crippen LogP contribution is 2.24. The predicted octanol–water partition coefficient (Wildman–Crippen LogP) is 3.67. The van der Waals surface area contributed by atoms with Crippen molar-refractivity contribution < 1.29 is 0 Å². The molecule has 0 heteroatoms. The fourth-order valence-electron chi connectivity index (χ4n) is 0.841. The fraction of sp³-hybridized carbons (Fsp3) is 0.900. The lowest BCUT2D eigenvalue weighted by Crippen LogP contribution is -2.07. The molecule has 0 rings (SSSR count). The summed E-state index contributed by atoms with van der Waals surface area (Å²) in [5.74, 6) is 0.666. The Morgan fingerprint density at radius 3 is 2.10 bits per heavy atom. The van der Waals surface area contributed by atoms with E-state index in [1.807, 2.05) is 0 Å². The lowest BCUT2D eigenvalue weighted by Gasteiger charge is -2.19. The maximum absolute atomic E-state index is 4.06. The van der Waals surface area contributed by atoms with E-state index in [1.165, 1.54) is 19.3 Å². The monoisotopic (exact) mass is 141 g/mol. The summed E-state index contributed by atoms with van der Waals surface area (Å²) in [6, 6.07) is 0. The van der Waals surface area contributed by atoms with E-state index in [0.717, 1.165) is 0 Å². The summed E-state index contributed by atoms with van der Waals surface area (Å²) in [5, 5.41) is 0. The van der Waals surface area contributed by atoms with Crippen molar-refractivity contribution in [1.29, 1.82) is 0 Å². The summed E-state index contributed by atoms with van der Waals surface area (Å²) in [6.07, 6.45) is 3.80. The van der Waals surface area contributed by atoms with Gasteiger partial charge in [-0.05, 0) is 24.2 Å². The molecule has 61 valence electrons. The maximum atomic E-state index is 4.06. The zero-order chi connectivity index (χ0) is 8.20. The fourth-order valence-corrected chi connectivity index (χ4v) is 0.841. The van der Waals surface area contributed by atoms with E-state index >= 15 is 0 Å². The molecule has 1 radical (unpaired) electrons. The van der Waals surface area contributed by atoms with Gasteiger partial charge in [-0.25, -0.2) is 0 Å². The summed E-state index contributed by atoms with van der Waals surface area (Å²) >= 11 is 0. The van der Waals surface area contributed by atoms with Crippen LogP contribution in [0.2, 0.25) is 0 Å². The van der Waals surface area contributed by atoms with Crippen LogP contribution in [0.3, 0.4) is 0 Å². The molecule has 1 atom stereocenters. The molecule has 10 heavy (non-hydrogen) atoms. The van der Waals surface area contributed by atoms with E-state index < -0.39 is 0 Å². The van der Waals surface area contributed by atoms with Crippen LogP contribution in [0, 0.1) is 18.3 Å². The van der Waals surface area contributed by atoms with Crippen LogP contribution in [0.5, 0.6) is 0 Å². The minimum atomic E-state index is 0.491. The van der Waals surface area contributed by atoms with Crippen LogP contribution < -0.4 is 0 Å². The third-order valence-corrected chi connectivity index (χ3v) is 1.88. The van der Waals surface area contributed by atoms with Gasteiger partial charge in [0, 0.05) is 0 Å². The third kappa shape index (κ3) is 6.12. The Hall–Kier alpha value is 0. The van der Waals surface area contributed by atoms with Crippen LogP contribution in [-0.4, -0.2) is 0 Å². The van der Waals surface area contributed by atoms with Gasteiger partial charge in [-0.1, -0.05) is 41.0 Å². The first-order valence-corrected chi connectivity index (χ1v) is 4.29. The van der Waals surface area contributed by atoms with Crippen molar-refractivity contribution in [2.24, 2.45) is 11.3 Å². The first kappa shape index (κ1) is 10.0. The Morgan fingerprint density at radius 2 is 1.80 bits per heavy atom. The van der Waals surface area contributed by atoms with Crippen LogP contribution in [-0.2, 0) is 0 Å². The van der Waals surface area contributed by atoms with Crippen molar-refractivity contribution in [2.45, 2.75) is 47.0 Å². The Morgan fingerprint density at radius 1 is 1.30 bits per heavy atom. The molecule has 0 amide bonds. The Labute approximate surface area is 66.0 Å². The maximum Gasteiger partial charge on any atom is -0.0383 e. The second-order valence-electron chi connectivity index (χ2n) is 4.37. The van der Waals surface area contributed by atoms with E-state index in [0.29, 0.717) is 11.3 Å². The Balaban J connectivity index is 3.36. The highest BCUT2D eigenvalue weighted by molar-refractivity contribution is 4.66. The lowest BCUT2D eigenvalue weighted by molar-refractivity contribution is 0.337. The molecule has 0 aromatic heterocycles. The molecule has 0 heterocycles. The molecule has 0 fully saturated rings. The van der Waals surface area contributed by atoms with Gasteiger partial charge >= 0.3 is 0 Å². The number of rotatable bonds is 3.